The van der Waals surface area contributed by atoms with E-state index in [2.05, 4.69) is 17.1 Å². The molecule has 1 heterocycles. The second-order valence-corrected chi connectivity index (χ2v) is 10.8. The number of carbonyl (C=O) groups excluding carboxylic acids is 2. The van der Waals surface area contributed by atoms with Gasteiger partial charge >= 0.3 is 12.1 Å². The number of esters is 1. The summed E-state index contributed by atoms with van der Waals surface area (Å²) in [4.78, 5) is 31.3. The summed E-state index contributed by atoms with van der Waals surface area (Å²) in [5.41, 5.74) is 0.656. The van der Waals surface area contributed by atoms with Gasteiger partial charge in [0, 0.05) is 18.1 Å². The summed E-state index contributed by atoms with van der Waals surface area (Å²) in [5, 5.41) is 0. The molecule has 0 saturated heterocycles. The van der Waals surface area contributed by atoms with Crippen molar-refractivity contribution in [3.8, 4) is 11.1 Å². The van der Waals surface area contributed by atoms with E-state index in [0.29, 0.717) is 17.7 Å². The highest BCUT2D eigenvalue weighted by molar-refractivity contribution is 6.10. The number of carbonyl (C=O) groups is 2. The molecule has 4 atom stereocenters. The van der Waals surface area contributed by atoms with Crippen molar-refractivity contribution in [1.29, 1.82) is 0 Å². The Labute approximate surface area is 210 Å². The zero-order valence-corrected chi connectivity index (χ0v) is 20.9. The van der Waals surface area contributed by atoms with E-state index >= 15 is 0 Å². The van der Waals surface area contributed by atoms with Crippen molar-refractivity contribution < 1.29 is 27.5 Å². The maximum absolute atomic E-state index is 13.8. The van der Waals surface area contributed by atoms with Gasteiger partial charge < -0.3 is 4.74 Å². The van der Waals surface area contributed by atoms with Crippen LogP contribution >= 0.6 is 0 Å². The summed E-state index contributed by atoms with van der Waals surface area (Å²) < 4.78 is 46.8. The maximum atomic E-state index is 13.8. The molecule has 2 aromatic carbocycles. The molecule has 0 aromatic heterocycles. The Morgan fingerprint density at radius 3 is 2.36 bits per heavy atom. The third-order valence-electron chi connectivity index (χ3n) is 7.19. The number of nitrogens with zero attached hydrogens (tertiary/aromatic N) is 1. The molecule has 4 nitrogen and oxygen atoms in total. The number of fused-ring (bicyclic) bond motifs is 1. The van der Waals surface area contributed by atoms with Gasteiger partial charge in [-0.2, -0.15) is 13.2 Å². The summed E-state index contributed by atoms with van der Waals surface area (Å²) in [6.45, 7) is 6.84. The van der Waals surface area contributed by atoms with Crippen LogP contribution in [0.15, 0.2) is 47.5 Å². The van der Waals surface area contributed by atoms with Crippen LogP contribution in [0.1, 0.15) is 58.4 Å². The first-order valence-electron chi connectivity index (χ1n) is 12.2. The van der Waals surface area contributed by atoms with E-state index in [1.807, 2.05) is 32.0 Å². The van der Waals surface area contributed by atoms with Gasteiger partial charge in [-0.05, 0) is 60.6 Å². The van der Waals surface area contributed by atoms with Crippen LogP contribution in [-0.2, 0) is 14.3 Å². The minimum Gasteiger partial charge on any atom is -0.466 e. The molecular formula is C29H30F3NO3. The third kappa shape index (κ3) is 5.18. The Morgan fingerprint density at radius 2 is 1.78 bits per heavy atom. The highest BCUT2D eigenvalue weighted by atomic mass is 19.4. The number of hydrogen-bond donors (Lipinski definition) is 0. The van der Waals surface area contributed by atoms with E-state index < -0.39 is 47.3 Å². The Balaban J connectivity index is 1.88. The summed E-state index contributed by atoms with van der Waals surface area (Å²) >= 11 is 0. The lowest BCUT2D eigenvalue weighted by atomic mass is 9.58. The van der Waals surface area contributed by atoms with E-state index in [1.165, 1.54) is 6.92 Å². The molecule has 7 heteroatoms. The number of halogens is 3. The van der Waals surface area contributed by atoms with Gasteiger partial charge in [-0.15, -0.1) is 0 Å². The molecule has 0 N–H and O–H groups in total. The zero-order chi connectivity index (χ0) is 26.3. The van der Waals surface area contributed by atoms with E-state index in [1.54, 1.807) is 31.2 Å². The molecule has 1 fully saturated rings. The molecule has 0 bridgehead atoms. The maximum Gasteiger partial charge on any atom is 0.391 e. The average molecular weight is 498 g/mol. The Kier molecular flexibility index (Phi) is 6.76. The number of Topliss-reactive ketones (excluding diaryl/α,β-unsaturated/α-hetero) is 1. The molecule has 190 valence electrons. The van der Waals surface area contributed by atoms with Gasteiger partial charge in [-0.1, -0.05) is 50.2 Å². The molecule has 0 spiro atoms. The average Bonchev–Trinajstić information content (AvgIpc) is 2.76. The van der Waals surface area contributed by atoms with Crippen LogP contribution in [0.4, 0.5) is 13.2 Å². The number of ether oxygens (including phenoxy) is 1. The number of hydrogen-bond acceptors (Lipinski definition) is 4. The summed E-state index contributed by atoms with van der Waals surface area (Å²) in [6, 6.07) is 18.5. The first kappa shape index (κ1) is 25.9. The number of alkyl halides is 3. The van der Waals surface area contributed by atoms with Crippen molar-refractivity contribution in [3.63, 3.8) is 0 Å². The third-order valence-corrected chi connectivity index (χ3v) is 7.19. The van der Waals surface area contributed by atoms with E-state index in [-0.39, 0.29) is 18.8 Å². The molecule has 4 rings (SSSR count). The van der Waals surface area contributed by atoms with Gasteiger partial charge in [0.2, 0.25) is 0 Å². The highest BCUT2D eigenvalue weighted by Crippen LogP contribution is 2.53. The van der Waals surface area contributed by atoms with Gasteiger partial charge in [0.1, 0.15) is 5.78 Å². The second kappa shape index (κ2) is 9.38. The van der Waals surface area contributed by atoms with Crippen molar-refractivity contribution in [2.45, 2.75) is 64.6 Å². The lowest BCUT2D eigenvalue weighted by Crippen LogP contribution is -2.56. The van der Waals surface area contributed by atoms with Gasteiger partial charge in [0.15, 0.2) is 0 Å². The lowest BCUT2D eigenvalue weighted by Gasteiger charge is -2.49. The number of benzene rings is 1. The van der Waals surface area contributed by atoms with Crippen molar-refractivity contribution >= 4 is 17.5 Å². The fourth-order valence-electron chi connectivity index (χ4n) is 5.92. The zero-order valence-electron chi connectivity index (χ0n) is 20.9. The van der Waals surface area contributed by atoms with Crippen molar-refractivity contribution in [1.82, 2.24) is 0 Å². The van der Waals surface area contributed by atoms with Gasteiger partial charge in [-0.25, -0.2) is 0 Å². The molecule has 1 saturated carbocycles. The van der Waals surface area contributed by atoms with Crippen LogP contribution in [-0.4, -0.2) is 35.8 Å². The molecule has 36 heavy (non-hydrogen) atoms. The molecule has 0 amide bonds. The van der Waals surface area contributed by atoms with Gasteiger partial charge in [0.05, 0.1) is 30.4 Å². The number of rotatable bonds is 5. The first-order chi connectivity index (χ1) is 16.8. The van der Waals surface area contributed by atoms with Crippen LogP contribution in [0.2, 0.25) is 0 Å². The van der Waals surface area contributed by atoms with Crippen LogP contribution in [0.5, 0.6) is 0 Å². The Morgan fingerprint density at radius 1 is 1.08 bits per heavy atom. The van der Waals surface area contributed by atoms with Crippen LogP contribution in [0.25, 0.3) is 11.1 Å². The highest BCUT2D eigenvalue weighted by Gasteiger charge is 2.59. The van der Waals surface area contributed by atoms with E-state index in [4.69, 9.17) is 4.74 Å². The van der Waals surface area contributed by atoms with Crippen molar-refractivity contribution in [2.24, 2.45) is 22.2 Å². The minimum absolute atomic E-state index is 0.0207. The standard InChI is InChI=1S/C29H30F3NO3/c1-5-36-26(35)25-23(20-13-11-19(12-14-20)18-9-7-6-8-10-18)24-21(15-27(2,3)16-22(24)34)33-28(25,4)17-29(30,31)32/h7,9-14,23-25H,5,15-17H2,1-4H3. The van der Waals surface area contributed by atoms with Crippen LogP contribution < -0.4 is 0 Å². The topological polar surface area (TPSA) is 55.7 Å². The minimum atomic E-state index is -4.56. The largest absolute Gasteiger partial charge is 0.466 e. The molecule has 1 aliphatic heterocycles. The smallest absolute Gasteiger partial charge is 0.391 e. The van der Waals surface area contributed by atoms with Gasteiger partial charge in [-0.3, -0.25) is 14.6 Å². The monoisotopic (exact) mass is 497 g/mol. The molecule has 1 aliphatic carbocycles. The molecule has 4 unspecified atom stereocenters. The number of aliphatic imine (C=N–C) groups is 1. The predicted octanol–water partition coefficient (Wildman–Crippen LogP) is 6.39. The first-order valence-corrected chi connectivity index (χ1v) is 12.2. The molecule has 2 aliphatic rings. The summed E-state index contributed by atoms with van der Waals surface area (Å²) in [7, 11) is 0. The SMILES string of the molecule is CCOC(=O)C1C(c2ccc(-c3cc#ccc3)cc2)C2C(=O)CC(C)(C)CC2=NC1(C)CC(F)(F)F. The van der Waals surface area contributed by atoms with E-state index in [9.17, 15) is 22.8 Å². The summed E-state index contributed by atoms with van der Waals surface area (Å²) in [5.74, 6) is -3.69. The van der Waals surface area contributed by atoms with Crippen molar-refractivity contribution in [2.75, 3.05) is 6.61 Å². The molecule has 2 aromatic rings. The molecule has 0 radical (unpaired) electrons. The van der Waals surface area contributed by atoms with Crippen LogP contribution in [0.3, 0.4) is 0 Å². The normalized spacial score (nSPS) is 27.5. The second-order valence-electron chi connectivity index (χ2n) is 10.8. The Hall–Kier alpha value is -3.14. The quantitative estimate of drug-likeness (QED) is 0.450. The Bertz CT molecular complexity index is 1150. The van der Waals surface area contributed by atoms with Gasteiger partial charge in [0.25, 0.3) is 0 Å². The number of ketones is 1. The van der Waals surface area contributed by atoms with E-state index in [0.717, 1.165) is 11.1 Å². The van der Waals surface area contributed by atoms with Crippen LogP contribution in [0, 0.1) is 29.4 Å². The van der Waals surface area contributed by atoms with Crippen molar-refractivity contribution in [3.05, 3.63) is 60.2 Å². The molecular weight excluding hydrogens is 467 g/mol. The lowest BCUT2D eigenvalue weighted by molar-refractivity contribution is -0.165. The fraction of sp³-hybridized carbons (Fsp3) is 0.483. The fourth-order valence-corrected chi connectivity index (χ4v) is 5.92. The summed E-state index contributed by atoms with van der Waals surface area (Å²) in [6.07, 6.45) is -5.16. The predicted molar refractivity (Wildman–Crippen MR) is 130 cm³/mol.